The summed E-state index contributed by atoms with van der Waals surface area (Å²) in [5.74, 6) is 0. The SMILES string of the molecule is CCCCCCC(C)NCCn1cncn1. The number of hydrogen-bond acceptors (Lipinski definition) is 3. The van der Waals surface area contributed by atoms with Gasteiger partial charge in [0.1, 0.15) is 12.7 Å². The molecule has 0 radical (unpaired) electrons. The molecule has 0 saturated carbocycles. The van der Waals surface area contributed by atoms with Gasteiger partial charge in [-0.2, -0.15) is 5.10 Å². The molecule has 1 unspecified atom stereocenters. The molecule has 1 rings (SSSR count). The molecule has 92 valence electrons. The summed E-state index contributed by atoms with van der Waals surface area (Å²) < 4.78 is 1.86. The summed E-state index contributed by atoms with van der Waals surface area (Å²) in [6, 6.07) is 0.611. The molecule has 16 heavy (non-hydrogen) atoms. The van der Waals surface area contributed by atoms with Gasteiger partial charge in [-0.15, -0.1) is 0 Å². The van der Waals surface area contributed by atoms with Crippen LogP contribution in [0, 0.1) is 0 Å². The van der Waals surface area contributed by atoms with E-state index in [2.05, 4.69) is 29.2 Å². The fourth-order valence-corrected chi connectivity index (χ4v) is 1.75. The van der Waals surface area contributed by atoms with Crippen molar-refractivity contribution in [2.75, 3.05) is 6.54 Å². The van der Waals surface area contributed by atoms with Crippen LogP contribution in [0.4, 0.5) is 0 Å². The van der Waals surface area contributed by atoms with Crippen LogP contribution in [0.1, 0.15) is 46.0 Å². The third-order valence-corrected chi connectivity index (χ3v) is 2.79. The van der Waals surface area contributed by atoms with Crippen LogP contribution in [0.2, 0.25) is 0 Å². The van der Waals surface area contributed by atoms with Gasteiger partial charge in [-0.25, -0.2) is 4.98 Å². The number of unbranched alkanes of at least 4 members (excludes halogenated alkanes) is 3. The van der Waals surface area contributed by atoms with Crippen LogP contribution in [0.3, 0.4) is 0 Å². The van der Waals surface area contributed by atoms with Crippen molar-refractivity contribution in [3.63, 3.8) is 0 Å². The number of aromatic nitrogens is 3. The fourth-order valence-electron chi connectivity index (χ4n) is 1.75. The third-order valence-electron chi connectivity index (χ3n) is 2.79. The maximum Gasteiger partial charge on any atom is 0.137 e. The summed E-state index contributed by atoms with van der Waals surface area (Å²) in [4.78, 5) is 3.91. The Hall–Kier alpha value is -0.900. The van der Waals surface area contributed by atoms with E-state index in [4.69, 9.17) is 0 Å². The number of nitrogens with zero attached hydrogens (tertiary/aromatic N) is 3. The minimum absolute atomic E-state index is 0.611. The second-order valence-electron chi connectivity index (χ2n) is 4.36. The summed E-state index contributed by atoms with van der Waals surface area (Å²) in [6.45, 7) is 6.38. The predicted octanol–water partition coefficient (Wildman–Crippen LogP) is 2.23. The zero-order chi connectivity index (χ0) is 11.6. The van der Waals surface area contributed by atoms with E-state index in [1.807, 2.05) is 4.68 Å². The van der Waals surface area contributed by atoms with Crippen molar-refractivity contribution in [3.05, 3.63) is 12.7 Å². The Kier molecular flexibility index (Phi) is 6.81. The van der Waals surface area contributed by atoms with Crippen molar-refractivity contribution >= 4 is 0 Å². The molecule has 0 aliphatic rings. The monoisotopic (exact) mass is 224 g/mol. The van der Waals surface area contributed by atoms with E-state index in [0.717, 1.165) is 13.1 Å². The van der Waals surface area contributed by atoms with Crippen LogP contribution in [0.25, 0.3) is 0 Å². The lowest BCUT2D eigenvalue weighted by Gasteiger charge is -2.13. The largest absolute Gasteiger partial charge is 0.312 e. The number of hydrogen-bond donors (Lipinski definition) is 1. The van der Waals surface area contributed by atoms with Crippen LogP contribution >= 0.6 is 0 Å². The summed E-state index contributed by atoms with van der Waals surface area (Å²) >= 11 is 0. The molecule has 1 aromatic heterocycles. The maximum absolute atomic E-state index is 4.07. The smallest absolute Gasteiger partial charge is 0.137 e. The number of rotatable bonds is 9. The molecule has 4 nitrogen and oxygen atoms in total. The fraction of sp³-hybridized carbons (Fsp3) is 0.833. The standard InChI is InChI=1S/C12H24N4/c1-3-4-5-6-7-12(2)14-8-9-16-11-13-10-15-16/h10-12,14H,3-9H2,1-2H3. The van der Waals surface area contributed by atoms with E-state index in [-0.39, 0.29) is 0 Å². The highest BCUT2D eigenvalue weighted by atomic mass is 15.3. The second kappa shape index (κ2) is 8.28. The molecule has 0 aliphatic heterocycles. The Morgan fingerprint density at radius 1 is 1.31 bits per heavy atom. The van der Waals surface area contributed by atoms with Crippen LogP contribution in [-0.4, -0.2) is 27.4 Å². The van der Waals surface area contributed by atoms with Gasteiger partial charge in [0.2, 0.25) is 0 Å². The van der Waals surface area contributed by atoms with Crippen molar-refractivity contribution in [3.8, 4) is 0 Å². The molecular weight excluding hydrogens is 200 g/mol. The number of nitrogens with one attached hydrogen (secondary N) is 1. The van der Waals surface area contributed by atoms with Gasteiger partial charge < -0.3 is 5.32 Å². The highest BCUT2D eigenvalue weighted by Gasteiger charge is 2.00. The highest BCUT2D eigenvalue weighted by molar-refractivity contribution is 4.62. The van der Waals surface area contributed by atoms with Gasteiger partial charge in [0.25, 0.3) is 0 Å². The maximum atomic E-state index is 4.07. The summed E-state index contributed by atoms with van der Waals surface area (Å²) in [5, 5.41) is 7.57. The molecule has 1 N–H and O–H groups in total. The van der Waals surface area contributed by atoms with Gasteiger partial charge in [0.05, 0.1) is 6.54 Å². The first-order valence-electron chi connectivity index (χ1n) is 6.38. The average molecular weight is 224 g/mol. The highest BCUT2D eigenvalue weighted by Crippen LogP contribution is 2.04. The molecule has 0 aromatic carbocycles. The summed E-state index contributed by atoms with van der Waals surface area (Å²) in [6.07, 6.45) is 10.00. The zero-order valence-electron chi connectivity index (χ0n) is 10.5. The molecule has 0 aliphatic carbocycles. The first-order chi connectivity index (χ1) is 7.83. The minimum atomic E-state index is 0.611. The third kappa shape index (κ3) is 5.85. The molecule has 1 heterocycles. The lowest BCUT2D eigenvalue weighted by molar-refractivity contribution is 0.457. The first kappa shape index (κ1) is 13.2. The average Bonchev–Trinajstić information content (AvgIpc) is 2.77. The van der Waals surface area contributed by atoms with Crippen LogP contribution in [0.15, 0.2) is 12.7 Å². The molecule has 4 heteroatoms. The molecule has 1 atom stereocenters. The van der Waals surface area contributed by atoms with Crippen molar-refractivity contribution in [2.45, 2.75) is 58.5 Å². The van der Waals surface area contributed by atoms with E-state index in [1.165, 1.54) is 32.1 Å². The van der Waals surface area contributed by atoms with Gasteiger partial charge in [-0.05, 0) is 13.3 Å². The molecule has 1 aromatic rings. The molecule has 0 amide bonds. The summed E-state index contributed by atoms with van der Waals surface area (Å²) in [5.41, 5.74) is 0. The van der Waals surface area contributed by atoms with Crippen LogP contribution in [0.5, 0.6) is 0 Å². The second-order valence-corrected chi connectivity index (χ2v) is 4.36. The molecule has 0 saturated heterocycles. The quantitative estimate of drug-likeness (QED) is 0.654. The Labute approximate surface area is 98.5 Å². The van der Waals surface area contributed by atoms with Crippen LogP contribution < -0.4 is 5.32 Å². The van der Waals surface area contributed by atoms with Crippen molar-refractivity contribution in [1.29, 1.82) is 0 Å². The van der Waals surface area contributed by atoms with Crippen LogP contribution in [-0.2, 0) is 6.54 Å². The summed E-state index contributed by atoms with van der Waals surface area (Å²) in [7, 11) is 0. The normalized spacial score (nSPS) is 12.9. The zero-order valence-corrected chi connectivity index (χ0v) is 10.5. The van der Waals surface area contributed by atoms with E-state index >= 15 is 0 Å². The van der Waals surface area contributed by atoms with E-state index in [1.54, 1.807) is 12.7 Å². The molecule has 0 spiro atoms. The van der Waals surface area contributed by atoms with Gasteiger partial charge in [-0.3, -0.25) is 4.68 Å². The van der Waals surface area contributed by atoms with E-state index in [0.29, 0.717) is 6.04 Å². The van der Waals surface area contributed by atoms with Gasteiger partial charge >= 0.3 is 0 Å². The van der Waals surface area contributed by atoms with Gasteiger partial charge in [0, 0.05) is 12.6 Å². The Morgan fingerprint density at radius 3 is 2.88 bits per heavy atom. The van der Waals surface area contributed by atoms with Crippen molar-refractivity contribution < 1.29 is 0 Å². The van der Waals surface area contributed by atoms with Gasteiger partial charge in [0.15, 0.2) is 0 Å². The van der Waals surface area contributed by atoms with E-state index < -0.39 is 0 Å². The van der Waals surface area contributed by atoms with Crippen molar-refractivity contribution in [2.24, 2.45) is 0 Å². The molecular formula is C12H24N4. The lowest BCUT2D eigenvalue weighted by Crippen LogP contribution is -2.29. The molecule has 0 bridgehead atoms. The Bertz CT molecular complexity index is 246. The topological polar surface area (TPSA) is 42.7 Å². The Balaban J connectivity index is 1.95. The lowest BCUT2D eigenvalue weighted by atomic mass is 10.1. The molecule has 0 fully saturated rings. The predicted molar refractivity (Wildman–Crippen MR) is 66.2 cm³/mol. The van der Waals surface area contributed by atoms with Crippen molar-refractivity contribution in [1.82, 2.24) is 20.1 Å². The van der Waals surface area contributed by atoms with E-state index in [9.17, 15) is 0 Å². The minimum Gasteiger partial charge on any atom is -0.312 e. The Morgan fingerprint density at radius 2 is 2.19 bits per heavy atom. The van der Waals surface area contributed by atoms with Gasteiger partial charge in [-0.1, -0.05) is 32.6 Å². The first-order valence-corrected chi connectivity index (χ1v) is 6.38.